The molecule has 3 N–H and O–H groups in total. The molecule has 0 unspecified atom stereocenters. The average Bonchev–Trinajstić information content (AvgIpc) is 3.81. The van der Waals surface area contributed by atoms with Crippen LogP contribution in [0.15, 0.2) is 102 Å². The number of pyridine rings is 3. The van der Waals surface area contributed by atoms with E-state index in [1.807, 2.05) is 56.3 Å². The first-order valence-electron chi connectivity index (χ1n) is 23.8. The molecule has 0 radical (unpaired) electrons. The van der Waals surface area contributed by atoms with E-state index in [1.54, 1.807) is 50.2 Å². The normalized spacial score (nSPS) is 12.6. The summed E-state index contributed by atoms with van der Waals surface area (Å²) < 4.78 is 73.7. The summed E-state index contributed by atoms with van der Waals surface area (Å²) in [5, 5.41) is 6.46. The lowest BCUT2D eigenvalue weighted by molar-refractivity contribution is -0.157. The number of benzene rings is 3. The van der Waals surface area contributed by atoms with Crippen LogP contribution in [0.5, 0.6) is 5.88 Å². The number of sulfonamides is 1. The maximum Gasteiger partial charge on any atom is 0.311 e. The quantitative estimate of drug-likeness (QED) is 0.0434. The van der Waals surface area contributed by atoms with Crippen molar-refractivity contribution >= 4 is 50.3 Å². The number of rotatable bonds is 22. The van der Waals surface area contributed by atoms with E-state index < -0.39 is 43.5 Å². The molecule has 0 spiro atoms. The van der Waals surface area contributed by atoms with Gasteiger partial charge in [-0.25, -0.2) is 22.2 Å². The molecule has 1 aliphatic heterocycles. The fourth-order valence-corrected chi connectivity index (χ4v) is 9.38. The Labute approximate surface area is 423 Å². The van der Waals surface area contributed by atoms with E-state index in [0.29, 0.717) is 80.3 Å². The predicted octanol–water partition coefficient (Wildman–Crippen LogP) is 8.21. The molecule has 73 heavy (non-hydrogen) atoms. The Hall–Kier alpha value is -7.38. The van der Waals surface area contributed by atoms with Gasteiger partial charge in [0.2, 0.25) is 23.6 Å². The highest BCUT2D eigenvalue weighted by Gasteiger charge is 2.31. The zero-order chi connectivity index (χ0) is 52.5. The molecular weight excluding hydrogens is 961 g/mol. The number of anilines is 1. The lowest BCUT2D eigenvalue weighted by Crippen LogP contribution is -2.36. The number of fused-ring (bicyclic) bond motifs is 2. The van der Waals surface area contributed by atoms with Crippen molar-refractivity contribution in [2.45, 2.75) is 96.9 Å². The van der Waals surface area contributed by atoms with E-state index in [4.69, 9.17) is 14.2 Å². The van der Waals surface area contributed by atoms with Crippen molar-refractivity contribution in [3.05, 3.63) is 131 Å². The molecule has 6 aromatic rings. The van der Waals surface area contributed by atoms with Crippen LogP contribution in [0.3, 0.4) is 0 Å². The number of carbonyl (C=O) groups is 4. The highest BCUT2D eigenvalue weighted by Crippen LogP contribution is 2.35. The molecule has 1 aliphatic rings. The number of hydrogen-bond donors (Lipinski definition) is 3. The zero-order valence-electron chi connectivity index (χ0n) is 41.6. The van der Waals surface area contributed by atoms with Crippen LogP contribution >= 0.6 is 0 Å². The van der Waals surface area contributed by atoms with Crippen LogP contribution in [0.2, 0.25) is 0 Å². The van der Waals surface area contributed by atoms with Gasteiger partial charge in [0, 0.05) is 93.7 Å². The Morgan fingerprint density at radius 2 is 1.53 bits per heavy atom. The summed E-state index contributed by atoms with van der Waals surface area (Å²) in [7, 11) is -3.19. The number of ether oxygens (including phenoxy) is 3. The van der Waals surface area contributed by atoms with Gasteiger partial charge >= 0.3 is 5.97 Å². The van der Waals surface area contributed by atoms with E-state index in [2.05, 4.69) is 30.3 Å². The fraction of sp³-hybridized carbons (Fsp3) is 0.352. The largest absolute Gasteiger partial charge is 0.480 e. The summed E-state index contributed by atoms with van der Waals surface area (Å²) in [5.41, 5.74) is 5.63. The zero-order valence-corrected chi connectivity index (χ0v) is 42.5. The molecular formula is C54H59F2N7O9S. The summed E-state index contributed by atoms with van der Waals surface area (Å²) in [6.07, 6.45) is 6.74. The van der Waals surface area contributed by atoms with E-state index >= 15 is 0 Å². The summed E-state index contributed by atoms with van der Waals surface area (Å²) in [6.45, 7) is 10.8. The predicted molar refractivity (Wildman–Crippen MR) is 270 cm³/mol. The molecule has 3 aromatic carbocycles. The van der Waals surface area contributed by atoms with Crippen LogP contribution in [-0.2, 0) is 64.8 Å². The van der Waals surface area contributed by atoms with E-state index in [9.17, 15) is 36.4 Å². The Balaban J connectivity index is 0.848. The number of nitrogens with one attached hydrogen (secondary N) is 3. The maximum atomic E-state index is 14.5. The van der Waals surface area contributed by atoms with Crippen molar-refractivity contribution in [1.29, 1.82) is 0 Å². The Bertz CT molecular complexity index is 3130. The number of carbonyl (C=O) groups excluding carboxylic acids is 4. The van der Waals surface area contributed by atoms with Crippen molar-refractivity contribution in [2.75, 3.05) is 31.5 Å². The molecule has 0 saturated carbocycles. The summed E-state index contributed by atoms with van der Waals surface area (Å²) >= 11 is 0. The van der Waals surface area contributed by atoms with Crippen molar-refractivity contribution < 1.29 is 50.6 Å². The first-order chi connectivity index (χ1) is 34.7. The minimum absolute atomic E-state index is 0.0276. The van der Waals surface area contributed by atoms with Gasteiger partial charge in [0.05, 0.1) is 29.3 Å². The SMILES string of the molecule is COc1ncc(-c2ccc3nccc(-c4ccc(COC(=O)C(C)(C)CCOC(C)(C)CCC(=O)NCCNC(=O)CCc5cccc6c5CN(C(C)=O)C6)nc4)c3c2)cc1NS(=O)(=O)c1ccc(F)cc1F. The maximum absolute atomic E-state index is 14.5. The molecule has 16 nitrogen and oxygen atoms in total. The first-order valence-corrected chi connectivity index (χ1v) is 25.3. The number of esters is 1. The number of aryl methyl sites for hydroxylation is 1. The molecule has 0 saturated heterocycles. The van der Waals surface area contributed by atoms with Crippen molar-refractivity contribution in [1.82, 2.24) is 30.5 Å². The van der Waals surface area contributed by atoms with Crippen molar-refractivity contribution in [3.8, 4) is 28.1 Å². The topological polar surface area (TPSA) is 208 Å². The minimum atomic E-state index is -4.50. The van der Waals surface area contributed by atoms with Gasteiger partial charge in [-0.05, 0) is 117 Å². The van der Waals surface area contributed by atoms with Gasteiger partial charge in [0.1, 0.15) is 28.8 Å². The smallest absolute Gasteiger partial charge is 0.311 e. The molecule has 7 rings (SSSR count). The van der Waals surface area contributed by atoms with E-state index in [1.165, 1.54) is 19.4 Å². The van der Waals surface area contributed by atoms with Gasteiger partial charge in [-0.15, -0.1) is 0 Å². The standard InChI is InChI=1S/C54H59F2N7O9S/c1-34(64)63-31-38-9-7-8-35(44(38)32-63)12-17-49(65)58-23-24-59-50(66)18-20-54(4,5)72-25-21-53(2,3)52(67)71-33-41-14-10-37(29-60-41)42-19-22-57-46-15-11-36(26-43(42)46)39-27-47(51(70-6)61-30-39)62-73(68,69)48-16-13-40(55)28-45(48)56/h7-11,13-16,19,22,26-30,62H,12,17-18,20-21,23-25,31-33H2,1-6H3,(H,58,65)(H,59,66). The van der Waals surface area contributed by atoms with Gasteiger partial charge in [-0.1, -0.05) is 30.3 Å². The minimum Gasteiger partial charge on any atom is -0.480 e. The summed E-state index contributed by atoms with van der Waals surface area (Å²) in [4.78, 5) is 64.7. The molecule has 0 atom stereocenters. The lowest BCUT2D eigenvalue weighted by atomic mass is 9.90. The van der Waals surface area contributed by atoms with E-state index in [-0.39, 0.29) is 48.9 Å². The highest BCUT2D eigenvalue weighted by molar-refractivity contribution is 7.92. The average molecular weight is 1020 g/mol. The number of amides is 3. The molecule has 384 valence electrons. The molecule has 0 aliphatic carbocycles. The van der Waals surface area contributed by atoms with Crippen LogP contribution in [-0.4, -0.2) is 84.4 Å². The lowest BCUT2D eigenvalue weighted by Gasteiger charge is -2.28. The van der Waals surface area contributed by atoms with Crippen molar-refractivity contribution in [2.24, 2.45) is 5.41 Å². The van der Waals surface area contributed by atoms with Gasteiger partial charge in [0.25, 0.3) is 10.0 Å². The number of methoxy groups -OCH3 is 1. The highest BCUT2D eigenvalue weighted by atomic mass is 32.2. The monoisotopic (exact) mass is 1020 g/mol. The molecule has 4 heterocycles. The number of halogens is 2. The Kier molecular flexibility index (Phi) is 16.8. The number of nitrogens with zero attached hydrogens (tertiary/aromatic N) is 4. The van der Waals surface area contributed by atoms with Gasteiger partial charge in [-0.2, -0.15) is 0 Å². The molecule has 3 aromatic heterocycles. The molecule has 3 amide bonds. The molecule has 0 fully saturated rings. The second kappa shape index (κ2) is 23.0. The van der Waals surface area contributed by atoms with Crippen LogP contribution < -0.4 is 20.1 Å². The Morgan fingerprint density at radius 1 is 0.795 bits per heavy atom. The second-order valence-corrected chi connectivity index (χ2v) is 20.7. The third kappa shape index (κ3) is 13.8. The van der Waals surface area contributed by atoms with Gasteiger partial charge in [0.15, 0.2) is 0 Å². The van der Waals surface area contributed by atoms with Gasteiger partial charge < -0.3 is 29.7 Å². The second-order valence-electron chi connectivity index (χ2n) is 19.0. The number of aromatic nitrogens is 3. The van der Waals surface area contributed by atoms with Crippen molar-refractivity contribution in [3.63, 3.8) is 0 Å². The van der Waals surface area contributed by atoms with E-state index in [0.717, 1.165) is 45.3 Å². The van der Waals surface area contributed by atoms with Crippen LogP contribution in [0.25, 0.3) is 33.2 Å². The molecule has 0 bridgehead atoms. The third-order valence-corrected chi connectivity index (χ3v) is 14.1. The summed E-state index contributed by atoms with van der Waals surface area (Å²) in [5.74, 6) is -2.90. The van der Waals surface area contributed by atoms with Gasteiger partial charge in [-0.3, -0.25) is 33.9 Å². The molecule has 19 heteroatoms. The fourth-order valence-electron chi connectivity index (χ4n) is 8.27. The number of hydrogen-bond acceptors (Lipinski definition) is 12. The first kappa shape index (κ1) is 53.4. The van der Waals surface area contributed by atoms with Crippen LogP contribution in [0.1, 0.15) is 82.7 Å². The van der Waals surface area contributed by atoms with Crippen LogP contribution in [0, 0.1) is 17.0 Å². The third-order valence-electron chi connectivity index (χ3n) is 12.7. The van der Waals surface area contributed by atoms with Crippen LogP contribution in [0.4, 0.5) is 14.5 Å². The summed E-state index contributed by atoms with van der Waals surface area (Å²) in [6, 6.07) is 20.6. The Morgan fingerprint density at radius 3 is 2.25 bits per heavy atom.